The first kappa shape index (κ1) is 14.1. The van der Waals surface area contributed by atoms with Crippen LogP contribution in [0.25, 0.3) is 0 Å². The number of hydrogen-bond donors (Lipinski definition) is 1. The number of likely N-dealkylation sites (tertiary alicyclic amines) is 1. The Labute approximate surface area is 117 Å². The molecule has 5 heteroatoms. The van der Waals surface area contributed by atoms with Gasteiger partial charge in [-0.05, 0) is 38.3 Å². The monoisotopic (exact) mass is 281 g/mol. The van der Waals surface area contributed by atoms with Gasteiger partial charge in [-0.2, -0.15) is 0 Å². The summed E-state index contributed by atoms with van der Waals surface area (Å²) < 4.78 is 0. The van der Waals surface area contributed by atoms with Gasteiger partial charge in [-0.15, -0.1) is 11.3 Å². The summed E-state index contributed by atoms with van der Waals surface area (Å²) in [5.74, 6) is -1.26. The average molecular weight is 281 g/mol. The van der Waals surface area contributed by atoms with Crippen LogP contribution >= 0.6 is 11.3 Å². The van der Waals surface area contributed by atoms with Gasteiger partial charge in [0, 0.05) is 17.5 Å². The minimum Gasteiger partial charge on any atom is -0.481 e. The summed E-state index contributed by atoms with van der Waals surface area (Å²) in [5.41, 5.74) is 1.20. The molecular formula is C14H19NO3S. The van der Waals surface area contributed by atoms with Crippen LogP contribution in [0.5, 0.6) is 0 Å². The van der Waals surface area contributed by atoms with Crippen molar-refractivity contribution in [3.8, 4) is 0 Å². The second-order valence-corrected chi connectivity index (χ2v) is 6.27. The summed E-state index contributed by atoms with van der Waals surface area (Å²) >= 11 is 1.51. The van der Waals surface area contributed by atoms with Gasteiger partial charge in [-0.3, -0.25) is 9.59 Å². The van der Waals surface area contributed by atoms with Crippen molar-refractivity contribution in [3.05, 3.63) is 21.4 Å². The number of hydrogen-bond acceptors (Lipinski definition) is 3. The number of rotatable bonds is 3. The molecule has 0 aliphatic carbocycles. The highest BCUT2D eigenvalue weighted by atomic mass is 32.1. The van der Waals surface area contributed by atoms with Crippen molar-refractivity contribution in [2.75, 3.05) is 6.54 Å². The lowest BCUT2D eigenvalue weighted by atomic mass is 10.0. The highest BCUT2D eigenvalue weighted by molar-refractivity contribution is 7.14. The van der Waals surface area contributed by atoms with E-state index in [2.05, 4.69) is 6.92 Å². The average Bonchev–Trinajstić information content (AvgIpc) is 2.91. The van der Waals surface area contributed by atoms with Crippen molar-refractivity contribution < 1.29 is 14.7 Å². The second kappa shape index (κ2) is 5.33. The highest BCUT2D eigenvalue weighted by Gasteiger charge is 2.38. The van der Waals surface area contributed by atoms with Crippen LogP contribution in [0.1, 0.15) is 40.4 Å². The molecule has 2 rings (SSSR count). The van der Waals surface area contributed by atoms with E-state index in [1.807, 2.05) is 19.9 Å². The number of carboxylic acid groups (broad SMARTS) is 1. The van der Waals surface area contributed by atoms with Crippen LogP contribution in [0.2, 0.25) is 0 Å². The fourth-order valence-corrected chi connectivity index (χ4v) is 3.74. The summed E-state index contributed by atoms with van der Waals surface area (Å²) in [6.07, 6.45) is 1.47. The zero-order valence-electron chi connectivity index (χ0n) is 11.5. The third kappa shape index (κ3) is 2.52. The minimum atomic E-state index is -0.806. The van der Waals surface area contributed by atoms with Gasteiger partial charge in [0.25, 0.3) is 5.91 Å². The Morgan fingerprint density at radius 3 is 2.68 bits per heavy atom. The molecule has 0 spiro atoms. The molecule has 104 valence electrons. The van der Waals surface area contributed by atoms with Gasteiger partial charge in [-0.25, -0.2) is 0 Å². The number of aliphatic carboxylic acids is 1. The maximum absolute atomic E-state index is 12.5. The molecule has 1 aromatic rings. The van der Waals surface area contributed by atoms with Crippen molar-refractivity contribution in [2.24, 2.45) is 5.92 Å². The first-order chi connectivity index (χ1) is 8.95. The van der Waals surface area contributed by atoms with Gasteiger partial charge >= 0.3 is 5.97 Å². The topological polar surface area (TPSA) is 57.6 Å². The van der Waals surface area contributed by atoms with E-state index in [0.717, 1.165) is 11.3 Å². The Balaban J connectivity index is 2.18. The molecule has 1 fully saturated rings. The molecule has 1 aromatic heterocycles. The Kier molecular flexibility index (Phi) is 3.94. The number of thiophene rings is 1. The van der Waals surface area contributed by atoms with Crippen LogP contribution in [0.15, 0.2) is 6.07 Å². The molecule has 19 heavy (non-hydrogen) atoms. The molecule has 2 heterocycles. The van der Waals surface area contributed by atoms with Crippen molar-refractivity contribution in [2.45, 2.75) is 39.7 Å². The third-order valence-corrected chi connectivity index (χ3v) is 5.03. The quantitative estimate of drug-likeness (QED) is 0.926. The first-order valence-corrected chi connectivity index (χ1v) is 7.40. The molecule has 1 saturated heterocycles. The van der Waals surface area contributed by atoms with Gasteiger partial charge in [0.2, 0.25) is 0 Å². The van der Waals surface area contributed by atoms with E-state index in [0.29, 0.717) is 13.0 Å². The van der Waals surface area contributed by atoms with E-state index < -0.39 is 11.9 Å². The molecule has 0 saturated carbocycles. The van der Waals surface area contributed by atoms with E-state index in [-0.39, 0.29) is 11.9 Å². The van der Waals surface area contributed by atoms with Crippen molar-refractivity contribution in [3.63, 3.8) is 0 Å². The molecule has 4 nitrogen and oxygen atoms in total. The lowest BCUT2D eigenvalue weighted by molar-refractivity contribution is -0.142. The molecule has 2 atom stereocenters. The molecule has 1 aliphatic rings. The summed E-state index contributed by atoms with van der Waals surface area (Å²) in [5, 5.41) is 9.10. The number of amides is 1. The summed E-state index contributed by atoms with van der Waals surface area (Å²) in [7, 11) is 0. The van der Waals surface area contributed by atoms with Crippen molar-refractivity contribution in [1.82, 2.24) is 4.90 Å². The molecule has 0 radical (unpaired) electrons. The van der Waals surface area contributed by atoms with Crippen LogP contribution < -0.4 is 0 Å². The Bertz CT molecular complexity index is 509. The van der Waals surface area contributed by atoms with Crippen LogP contribution in [0.4, 0.5) is 0 Å². The summed E-state index contributed by atoms with van der Waals surface area (Å²) in [6, 6.07) is 1.72. The van der Waals surface area contributed by atoms with Gasteiger partial charge < -0.3 is 10.0 Å². The van der Waals surface area contributed by atoms with E-state index in [1.54, 1.807) is 4.90 Å². The predicted molar refractivity (Wildman–Crippen MR) is 74.7 cm³/mol. The number of aryl methyl sites for hydroxylation is 2. The highest BCUT2D eigenvalue weighted by Crippen LogP contribution is 2.29. The Hall–Kier alpha value is -1.36. The SMILES string of the molecule is CCc1cc(C(=O)N2CCC(C(=O)O)C2C)sc1C. The molecule has 0 bridgehead atoms. The molecular weight excluding hydrogens is 262 g/mol. The zero-order valence-corrected chi connectivity index (χ0v) is 12.3. The number of carbonyl (C=O) groups is 2. The molecule has 0 aromatic carbocycles. The van der Waals surface area contributed by atoms with Crippen LogP contribution in [0.3, 0.4) is 0 Å². The fourth-order valence-electron chi connectivity index (χ4n) is 2.67. The van der Waals surface area contributed by atoms with Crippen LogP contribution in [-0.2, 0) is 11.2 Å². The van der Waals surface area contributed by atoms with E-state index in [1.165, 1.54) is 21.8 Å². The van der Waals surface area contributed by atoms with Gasteiger partial charge in [0.05, 0.1) is 10.8 Å². The van der Waals surface area contributed by atoms with Gasteiger partial charge in [0.1, 0.15) is 0 Å². The third-order valence-electron chi connectivity index (χ3n) is 3.95. The molecule has 1 aliphatic heterocycles. The van der Waals surface area contributed by atoms with E-state index >= 15 is 0 Å². The normalized spacial score (nSPS) is 22.8. The smallest absolute Gasteiger partial charge is 0.308 e. The van der Waals surface area contributed by atoms with Crippen molar-refractivity contribution in [1.29, 1.82) is 0 Å². The minimum absolute atomic E-state index is 0.0240. The molecule has 2 unspecified atom stereocenters. The zero-order chi connectivity index (χ0) is 14.2. The second-order valence-electron chi connectivity index (χ2n) is 5.02. The Morgan fingerprint density at radius 2 is 2.21 bits per heavy atom. The Morgan fingerprint density at radius 1 is 1.53 bits per heavy atom. The maximum atomic E-state index is 12.5. The number of carboxylic acids is 1. The summed E-state index contributed by atoms with van der Waals surface area (Å²) in [4.78, 5) is 27.1. The van der Waals surface area contributed by atoms with E-state index in [4.69, 9.17) is 5.11 Å². The maximum Gasteiger partial charge on any atom is 0.308 e. The number of nitrogens with zero attached hydrogens (tertiary/aromatic N) is 1. The molecule has 1 N–H and O–H groups in total. The summed E-state index contributed by atoms with van der Waals surface area (Å²) in [6.45, 7) is 6.45. The van der Waals surface area contributed by atoms with Gasteiger partial charge in [0.15, 0.2) is 0 Å². The lowest BCUT2D eigenvalue weighted by Gasteiger charge is -2.22. The lowest BCUT2D eigenvalue weighted by Crippen LogP contribution is -2.37. The van der Waals surface area contributed by atoms with Crippen LogP contribution in [-0.4, -0.2) is 34.5 Å². The fraction of sp³-hybridized carbons (Fsp3) is 0.571. The predicted octanol–water partition coefficient (Wildman–Crippen LogP) is 2.55. The largest absolute Gasteiger partial charge is 0.481 e. The first-order valence-electron chi connectivity index (χ1n) is 6.58. The van der Waals surface area contributed by atoms with Gasteiger partial charge in [-0.1, -0.05) is 6.92 Å². The van der Waals surface area contributed by atoms with E-state index in [9.17, 15) is 9.59 Å². The standard InChI is InChI=1S/C14H19NO3S/c1-4-10-7-12(19-9(10)3)13(16)15-6-5-11(8(15)2)14(17)18/h7-8,11H,4-6H2,1-3H3,(H,17,18). The van der Waals surface area contributed by atoms with Crippen LogP contribution in [0, 0.1) is 12.8 Å². The number of carbonyl (C=O) groups excluding carboxylic acids is 1. The molecule has 1 amide bonds. The van der Waals surface area contributed by atoms with Crippen molar-refractivity contribution >= 4 is 23.2 Å².